The Labute approximate surface area is 125 Å². The molecule has 2 N–H and O–H groups in total. The summed E-state index contributed by atoms with van der Waals surface area (Å²) in [6.07, 6.45) is 4.84. The van der Waals surface area contributed by atoms with Crippen molar-refractivity contribution in [1.29, 1.82) is 0 Å². The Balaban J connectivity index is 2.19. The van der Waals surface area contributed by atoms with E-state index in [1.54, 1.807) is 25.3 Å². The van der Waals surface area contributed by atoms with Crippen molar-refractivity contribution in [3.8, 4) is 11.5 Å². The first-order chi connectivity index (χ1) is 10.1. The van der Waals surface area contributed by atoms with Crippen LogP contribution in [0.1, 0.15) is 42.5 Å². The monoisotopic (exact) mass is 293 g/mol. The largest absolute Gasteiger partial charge is 0.497 e. The lowest BCUT2D eigenvalue weighted by Gasteiger charge is -2.36. The van der Waals surface area contributed by atoms with Gasteiger partial charge in [0.2, 0.25) is 0 Å². The number of aliphatic hydroxyl groups is 1. The maximum atomic E-state index is 12.5. The number of nitrogens with one attached hydrogen (secondary N) is 1. The predicted octanol–water partition coefficient (Wildman–Crippen LogP) is 2.13. The van der Waals surface area contributed by atoms with Crippen LogP contribution in [0.4, 0.5) is 0 Å². The van der Waals surface area contributed by atoms with Gasteiger partial charge in [-0.05, 0) is 25.0 Å². The molecule has 0 aliphatic heterocycles. The smallest absolute Gasteiger partial charge is 0.255 e. The highest BCUT2D eigenvalue weighted by molar-refractivity contribution is 5.97. The fraction of sp³-hybridized carbons (Fsp3) is 0.562. The Hall–Kier alpha value is -1.75. The first-order valence-electron chi connectivity index (χ1n) is 7.29. The van der Waals surface area contributed by atoms with Crippen LogP contribution in [0.15, 0.2) is 18.2 Å². The fourth-order valence-electron chi connectivity index (χ4n) is 2.85. The zero-order valence-electron chi connectivity index (χ0n) is 12.6. The van der Waals surface area contributed by atoms with Crippen molar-refractivity contribution in [1.82, 2.24) is 5.32 Å². The number of ether oxygens (including phenoxy) is 2. The molecule has 0 spiro atoms. The standard InChI is InChI=1S/C16H23NO4/c1-20-12-6-7-13(14(10-12)21-2)15(19)17-16(11-18)8-4-3-5-9-16/h6-7,10,18H,3-5,8-9,11H2,1-2H3,(H,17,19). The first-order valence-corrected chi connectivity index (χ1v) is 7.29. The van der Waals surface area contributed by atoms with Crippen molar-refractivity contribution in [3.63, 3.8) is 0 Å². The van der Waals surface area contributed by atoms with E-state index in [1.807, 2.05) is 0 Å². The van der Waals surface area contributed by atoms with Crippen molar-refractivity contribution in [2.24, 2.45) is 0 Å². The maximum absolute atomic E-state index is 12.5. The zero-order valence-corrected chi connectivity index (χ0v) is 12.6. The van der Waals surface area contributed by atoms with Gasteiger partial charge in [-0.3, -0.25) is 4.79 Å². The highest BCUT2D eigenvalue weighted by atomic mass is 16.5. The summed E-state index contributed by atoms with van der Waals surface area (Å²) in [6.45, 7) is -0.0305. The Morgan fingerprint density at radius 3 is 2.52 bits per heavy atom. The molecule has 0 unspecified atom stereocenters. The van der Waals surface area contributed by atoms with Crippen molar-refractivity contribution < 1.29 is 19.4 Å². The molecule has 1 aliphatic carbocycles. The Morgan fingerprint density at radius 2 is 1.95 bits per heavy atom. The topological polar surface area (TPSA) is 67.8 Å². The average molecular weight is 293 g/mol. The van der Waals surface area contributed by atoms with E-state index >= 15 is 0 Å². The van der Waals surface area contributed by atoms with E-state index in [9.17, 15) is 9.90 Å². The minimum atomic E-state index is -0.500. The number of amides is 1. The number of methoxy groups -OCH3 is 2. The Kier molecular flexibility index (Phi) is 5.07. The normalized spacial score (nSPS) is 17.1. The van der Waals surface area contributed by atoms with Gasteiger partial charge in [-0.15, -0.1) is 0 Å². The predicted molar refractivity (Wildman–Crippen MR) is 79.9 cm³/mol. The van der Waals surface area contributed by atoms with Crippen molar-refractivity contribution in [2.45, 2.75) is 37.6 Å². The minimum Gasteiger partial charge on any atom is -0.497 e. The molecule has 0 saturated heterocycles. The number of benzene rings is 1. The van der Waals surface area contributed by atoms with E-state index in [2.05, 4.69) is 5.32 Å². The highest BCUT2D eigenvalue weighted by Crippen LogP contribution is 2.30. The van der Waals surface area contributed by atoms with Gasteiger partial charge in [-0.2, -0.15) is 0 Å². The summed E-state index contributed by atoms with van der Waals surface area (Å²) in [5.41, 5.74) is -0.0445. The molecule has 0 radical (unpaired) electrons. The lowest BCUT2D eigenvalue weighted by Crippen LogP contribution is -2.52. The summed E-state index contributed by atoms with van der Waals surface area (Å²) >= 11 is 0. The van der Waals surface area contributed by atoms with Crippen molar-refractivity contribution in [2.75, 3.05) is 20.8 Å². The van der Waals surface area contributed by atoms with Crippen LogP contribution in [0.25, 0.3) is 0 Å². The lowest BCUT2D eigenvalue weighted by atomic mass is 9.82. The van der Waals surface area contributed by atoms with Crippen LogP contribution in [-0.4, -0.2) is 37.4 Å². The van der Waals surface area contributed by atoms with E-state index < -0.39 is 5.54 Å². The number of rotatable bonds is 5. The third kappa shape index (κ3) is 3.47. The maximum Gasteiger partial charge on any atom is 0.255 e. The molecule has 21 heavy (non-hydrogen) atoms. The quantitative estimate of drug-likeness (QED) is 0.872. The number of hydrogen-bond acceptors (Lipinski definition) is 4. The average Bonchev–Trinajstić information content (AvgIpc) is 2.54. The molecule has 2 rings (SSSR count). The van der Waals surface area contributed by atoms with Crippen LogP contribution >= 0.6 is 0 Å². The molecule has 116 valence electrons. The van der Waals surface area contributed by atoms with Crippen molar-refractivity contribution >= 4 is 5.91 Å². The third-order valence-corrected chi connectivity index (χ3v) is 4.15. The molecule has 0 bridgehead atoms. The van der Waals surface area contributed by atoms with E-state index in [-0.39, 0.29) is 12.5 Å². The Morgan fingerprint density at radius 1 is 1.24 bits per heavy atom. The molecule has 1 aromatic rings. The van der Waals surface area contributed by atoms with Crippen LogP contribution in [-0.2, 0) is 0 Å². The van der Waals surface area contributed by atoms with Gasteiger partial charge in [0.1, 0.15) is 11.5 Å². The van der Waals surface area contributed by atoms with Gasteiger partial charge in [-0.25, -0.2) is 0 Å². The zero-order chi connectivity index (χ0) is 15.3. The van der Waals surface area contributed by atoms with E-state index in [1.165, 1.54) is 7.11 Å². The van der Waals surface area contributed by atoms with Gasteiger partial charge in [-0.1, -0.05) is 19.3 Å². The molecule has 5 nitrogen and oxygen atoms in total. The molecule has 0 atom stereocenters. The molecule has 1 aromatic carbocycles. The summed E-state index contributed by atoms with van der Waals surface area (Å²) in [5, 5.41) is 12.7. The second-order valence-corrected chi connectivity index (χ2v) is 5.52. The van der Waals surface area contributed by atoms with E-state index in [0.717, 1.165) is 32.1 Å². The summed E-state index contributed by atoms with van der Waals surface area (Å²) in [7, 11) is 3.09. The SMILES string of the molecule is COc1ccc(C(=O)NC2(CO)CCCCC2)c(OC)c1. The molecule has 1 fully saturated rings. The number of aliphatic hydroxyl groups excluding tert-OH is 1. The van der Waals surface area contributed by atoms with Crippen LogP contribution in [0.5, 0.6) is 11.5 Å². The summed E-state index contributed by atoms with van der Waals surface area (Å²) in [4.78, 5) is 12.5. The van der Waals surface area contributed by atoms with Gasteiger partial charge < -0.3 is 19.9 Å². The van der Waals surface area contributed by atoms with Crippen LogP contribution in [0.3, 0.4) is 0 Å². The number of carbonyl (C=O) groups excluding carboxylic acids is 1. The molecule has 5 heteroatoms. The van der Waals surface area contributed by atoms with Gasteiger partial charge >= 0.3 is 0 Å². The number of carbonyl (C=O) groups is 1. The second kappa shape index (κ2) is 6.80. The molecule has 0 heterocycles. The molecule has 1 aliphatic rings. The summed E-state index contributed by atoms with van der Waals surface area (Å²) in [6, 6.07) is 5.09. The summed E-state index contributed by atoms with van der Waals surface area (Å²) in [5.74, 6) is 0.888. The highest BCUT2D eigenvalue weighted by Gasteiger charge is 2.33. The van der Waals surface area contributed by atoms with Crippen LogP contribution < -0.4 is 14.8 Å². The third-order valence-electron chi connectivity index (χ3n) is 4.15. The fourth-order valence-corrected chi connectivity index (χ4v) is 2.85. The lowest BCUT2D eigenvalue weighted by molar-refractivity contribution is 0.0756. The molecular formula is C16H23NO4. The molecule has 1 amide bonds. The summed E-state index contributed by atoms with van der Waals surface area (Å²) < 4.78 is 10.4. The Bertz CT molecular complexity index is 495. The van der Waals surface area contributed by atoms with Gasteiger partial charge in [0.25, 0.3) is 5.91 Å². The minimum absolute atomic E-state index is 0.0305. The van der Waals surface area contributed by atoms with Crippen LogP contribution in [0.2, 0.25) is 0 Å². The van der Waals surface area contributed by atoms with Gasteiger partial charge in [0.05, 0.1) is 31.9 Å². The van der Waals surface area contributed by atoms with Gasteiger partial charge in [0, 0.05) is 6.07 Å². The van der Waals surface area contributed by atoms with Crippen LogP contribution in [0, 0.1) is 0 Å². The van der Waals surface area contributed by atoms with E-state index in [0.29, 0.717) is 17.1 Å². The molecular weight excluding hydrogens is 270 g/mol. The second-order valence-electron chi connectivity index (χ2n) is 5.52. The van der Waals surface area contributed by atoms with Crippen molar-refractivity contribution in [3.05, 3.63) is 23.8 Å². The van der Waals surface area contributed by atoms with Gasteiger partial charge in [0.15, 0.2) is 0 Å². The number of hydrogen-bond donors (Lipinski definition) is 2. The van der Waals surface area contributed by atoms with E-state index in [4.69, 9.17) is 9.47 Å². The first kappa shape index (κ1) is 15.6. The molecule has 1 saturated carbocycles. The molecule has 0 aromatic heterocycles.